The second-order valence-electron chi connectivity index (χ2n) is 15.6. The lowest BCUT2D eigenvalue weighted by Crippen LogP contribution is -2.50. The van der Waals surface area contributed by atoms with E-state index >= 15 is 0 Å². The predicted octanol–water partition coefficient (Wildman–Crippen LogP) is 9.63. The fraction of sp³-hybridized carbons (Fsp3) is 0.333. The Morgan fingerprint density at radius 1 is 0.790 bits per heavy atom. The number of aromatic nitrogens is 2. The number of nitrogens with one attached hydrogen (secondary N) is 2. The summed E-state index contributed by atoms with van der Waals surface area (Å²) in [6.07, 6.45) is 5.06. The molecule has 8 rings (SSSR count). The maximum Gasteiger partial charge on any atom is 0.303 e. The summed E-state index contributed by atoms with van der Waals surface area (Å²) in [4.78, 5) is 17.3. The van der Waals surface area contributed by atoms with Crippen LogP contribution in [0.2, 0.25) is 20.1 Å². The van der Waals surface area contributed by atoms with Crippen LogP contribution in [0.1, 0.15) is 72.1 Å². The van der Waals surface area contributed by atoms with E-state index in [1.807, 2.05) is 78.7 Å². The van der Waals surface area contributed by atoms with E-state index in [4.69, 9.17) is 51.5 Å². The number of nitrogens with zero attached hydrogens (tertiary/aromatic N) is 7. The summed E-state index contributed by atoms with van der Waals surface area (Å²) >= 11 is 24.7. The number of rotatable bonds is 8. The van der Waals surface area contributed by atoms with Crippen molar-refractivity contribution < 1.29 is 13.2 Å². The van der Waals surface area contributed by atoms with Crippen LogP contribution in [-0.2, 0) is 10.2 Å². The van der Waals surface area contributed by atoms with Crippen LogP contribution in [0.25, 0.3) is 16.9 Å². The number of hydrogen-bond acceptors (Lipinski definition) is 7. The van der Waals surface area contributed by atoms with E-state index in [9.17, 15) is 13.2 Å². The highest BCUT2D eigenvalue weighted by molar-refractivity contribution is 7.87. The lowest BCUT2D eigenvalue weighted by Gasteiger charge is -2.30. The first-order valence-corrected chi connectivity index (χ1v) is 23.5. The van der Waals surface area contributed by atoms with Gasteiger partial charge in [0.1, 0.15) is 0 Å². The number of halogens is 4. The van der Waals surface area contributed by atoms with Crippen LogP contribution < -0.4 is 10.1 Å². The first-order valence-electron chi connectivity index (χ1n) is 20.6. The van der Waals surface area contributed by atoms with Crippen molar-refractivity contribution in [1.82, 2.24) is 34.3 Å². The summed E-state index contributed by atoms with van der Waals surface area (Å²) in [6.45, 7) is 7.24. The Balaban J connectivity index is 0.000000187. The molecule has 1 aromatic heterocycles. The fourth-order valence-corrected chi connectivity index (χ4v) is 9.76. The number of aliphatic imine (C=N–C) groups is 1. The quantitative estimate of drug-likeness (QED) is 0.118. The van der Waals surface area contributed by atoms with Gasteiger partial charge in [0.25, 0.3) is 5.91 Å². The van der Waals surface area contributed by atoms with Crippen LogP contribution in [0.5, 0.6) is 0 Å². The molecule has 1 atom stereocenters. The SMILES string of the molecule is CN=C(NS(=O)(=O)N1CCC(C)CC1)N1CC(c2ccccc2)C(c2ccc(Cl)cc2)=N1.Cc1c(C(=O)NN2CCCCC2)nn(-c2ccc(Cl)cc2Cl)c1-c1ccc(Cl)cc1. The van der Waals surface area contributed by atoms with E-state index in [1.54, 1.807) is 34.9 Å². The number of hydrogen-bond donors (Lipinski definition) is 2. The van der Waals surface area contributed by atoms with Gasteiger partial charge < -0.3 is 0 Å². The molecule has 326 valence electrons. The standard InChI is InChI=1S/C23H28ClN5O2S.C22H21Cl3N4O/c1-17-12-14-28(15-13-17)32(30,31)27-23(25-2)29-16-21(18-6-4-3-5-7-18)22(26-29)19-8-10-20(24)11-9-19;1-14-20(22(30)27-28-11-3-2-4-12-28)26-29(19-10-9-17(24)13-18(19)25)21(14)15-5-7-16(23)8-6-15/h3-11,17,21H,12-16H2,1-2H3,(H,25,27);5-10,13H,2-4,11-12H2,1H3,(H,27,30). The second-order valence-corrected chi connectivity index (χ2v) is 19.0. The molecule has 5 aromatic rings. The van der Waals surface area contributed by atoms with E-state index in [0.717, 1.165) is 72.4 Å². The molecule has 0 radical (unpaired) electrons. The molecule has 4 heterocycles. The average Bonchev–Trinajstić information content (AvgIpc) is 3.86. The van der Waals surface area contributed by atoms with Crippen molar-refractivity contribution in [2.75, 3.05) is 39.8 Å². The molecule has 1 amide bonds. The molecule has 3 aliphatic heterocycles. The number of hydrazone groups is 1. The largest absolute Gasteiger partial charge is 0.303 e. The highest BCUT2D eigenvalue weighted by atomic mass is 35.5. The topological polar surface area (TPSA) is 128 Å². The Labute approximate surface area is 383 Å². The van der Waals surface area contributed by atoms with Crippen molar-refractivity contribution in [3.63, 3.8) is 0 Å². The Hall–Kier alpha value is -4.47. The normalized spacial score (nSPS) is 17.9. The van der Waals surface area contributed by atoms with E-state index < -0.39 is 10.2 Å². The minimum atomic E-state index is -3.70. The summed E-state index contributed by atoms with van der Waals surface area (Å²) < 4.78 is 31.9. The van der Waals surface area contributed by atoms with Crippen molar-refractivity contribution in [1.29, 1.82) is 0 Å². The number of carbonyl (C=O) groups excluding carboxylic acids is 1. The van der Waals surface area contributed by atoms with E-state index in [2.05, 4.69) is 39.3 Å². The number of hydrazine groups is 1. The number of piperidine rings is 2. The molecule has 1 unspecified atom stereocenters. The zero-order valence-electron chi connectivity index (χ0n) is 34.7. The Morgan fingerprint density at radius 2 is 1.40 bits per heavy atom. The summed E-state index contributed by atoms with van der Waals surface area (Å²) in [5.74, 6) is 0.494. The molecule has 62 heavy (non-hydrogen) atoms. The number of benzene rings is 4. The van der Waals surface area contributed by atoms with Gasteiger partial charge in [0.2, 0.25) is 5.96 Å². The monoisotopic (exact) mass is 935 g/mol. The molecule has 2 saturated heterocycles. The molecule has 2 fully saturated rings. The molecule has 0 aliphatic carbocycles. The first kappa shape index (κ1) is 45.6. The summed E-state index contributed by atoms with van der Waals surface area (Å²) in [5.41, 5.74) is 9.31. The summed E-state index contributed by atoms with van der Waals surface area (Å²) in [7, 11) is -2.13. The molecule has 0 saturated carbocycles. The highest BCUT2D eigenvalue weighted by Gasteiger charge is 2.34. The number of guanidine groups is 1. The second kappa shape index (κ2) is 20.4. The smallest absolute Gasteiger partial charge is 0.283 e. The number of carbonyl (C=O) groups is 1. The van der Waals surface area contributed by atoms with Crippen molar-refractivity contribution in [2.45, 2.75) is 51.9 Å². The van der Waals surface area contributed by atoms with Crippen molar-refractivity contribution in [2.24, 2.45) is 16.0 Å². The molecule has 3 aliphatic rings. The van der Waals surface area contributed by atoms with Gasteiger partial charge in [-0.3, -0.25) is 15.2 Å². The average molecular weight is 938 g/mol. The van der Waals surface area contributed by atoms with Gasteiger partial charge in [-0.05, 0) is 92.1 Å². The van der Waals surface area contributed by atoms with Gasteiger partial charge in [-0.2, -0.15) is 22.9 Å². The van der Waals surface area contributed by atoms with Gasteiger partial charge in [-0.1, -0.05) is 114 Å². The van der Waals surface area contributed by atoms with Crippen LogP contribution in [0, 0.1) is 12.8 Å². The van der Waals surface area contributed by atoms with Crippen LogP contribution in [0.4, 0.5) is 0 Å². The molecule has 0 spiro atoms. The van der Waals surface area contributed by atoms with Crippen molar-refractivity contribution >= 4 is 74.2 Å². The molecular weight excluding hydrogens is 888 g/mol. The van der Waals surface area contributed by atoms with E-state index in [0.29, 0.717) is 57.0 Å². The van der Waals surface area contributed by atoms with Gasteiger partial charge in [0.15, 0.2) is 5.69 Å². The lowest BCUT2D eigenvalue weighted by molar-refractivity contribution is 0.0743. The van der Waals surface area contributed by atoms with Gasteiger partial charge in [-0.15, -0.1) is 0 Å². The van der Waals surface area contributed by atoms with Gasteiger partial charge in [0, 0.05) is 65.3 Å². The number of amides is 1. The minimum Gasteiger partial charge on any atom is -0.283 e. The molecular formula is C45H49Cl4N9O3S. The van der Waals surface area contributed by atoms with Gasteiger partial charge in [0.05, 0.1) is 28.7 Å². The Bertz CT molecular complexity index is 2520. The lowest BCUT2D eigenvalue weighted by atomic mass is 9.91. The molecule has 12 nitrogen and oxygen atoms in total. The summed E-state index contributed by atoms with van der Waals surface area (Å²) in [6, 6.07) is 30.2. The fourth-order valence-electron chi connectivity index (χ4n) is 7.77. The van der Waals surface area contributed by atoms with E-state index in [1.165, 1.54) is 10.7 Å². The van der Waals surface area contributed by atoms with Crippen LogP contribution in [0.3, 0.4) is 0 Å². The van der Waals surface area contributed by atoms with E-state index in [-0.39, 0.29) is 17.8 Å². The zero-order valence-corrected chi connectivity index (χ0v) is 38.6. The van der Waals surface area contributed by atoms with Crippen molar-refractivity contribution in [3.05, 3.63) is 140 Å². The first-order chi connectivity index (χ1) is 29.8. The molecule has 2 N–H and O–H groups in total. The highest BCUT2D eigenvalue weighted by Crippen LogP contribution is 2.34. The van der Waals surface area contributed by atoms with Crippen LogP contribution >= 0.6 is 46.4 Å². The van der Waals surface area contributed by atoms with Gasteiger partial charge in [-0.25, -0.2) is 19.4 Å². The van der Waals surface area contributed by atoms with Gasteiger partial charge >= 0.3 is 10.2 Å². The predicted molar refractivity (Wildman–Crippen MR) is 251 cm³/mol. The maximum atomic E-state index is 13.1. The third-order valence-corrected chi connectivity index (χ3v) is 13.8. The summed E-state index contributed by atoms with van der Waals surface area (Å²) in [5, 5.41) is 15.3. The Morgan fingerprint density at radius 3 is 2.02 bits per heavy atom. The van der Waals surface area contributed by atoms with Crippen molar-refractivity contribution in [3.8, 4) is 16.9 Å². The third-order valence-electron chi connectivity index (χ3n) is 11.2. The molecule has 0 bridgehead atoms. The molecule has 4 aromatic carbocycles. The van der Waals surface area contributed by atoms with Crippen LogP contribution in [0.15, 0.2) is 107 Å². The zero-order chi connectivity index (χ0) is 44.0. The Kier molecular flexibility index (Phi) is 15.0. The van der Waals surface area contributed by atoms with Crippen LogP contribution in [-0.4, -0.2) is 89.9 Å². The maximum absolute atomic E-state index is 13.1. The molecule has 17 heteroatoms. The third kappa shape index (κ3) is 10.8. The minimum absolute atomic E-state index is 0.0329.